The van der Waals surface area contributed by atoms with E-state index in [1.807, 2.05) is 12.1 Å². The van der Waals surface area contributed by atoms with Gasteiger partial charge in [-0.3, -0.25) is 4.98 Å². The Hall–Kier alpha value is -1.84. The third kappa shape index (κ3) is 1.38. The first-order valence-electron chi connectivity index (χ1n) is 3.90. The minimum absolute atomic E-state index is 0.339. The Morgan fingerprint density at radius 1 is 1.62 bits per heavy atom. The van der Waals surface area contributed by atoms with E-state index in [1.165, 1.54) is 0 Å². The van der Waals surface area contributed by atoms with Crippen LogP contribution in [0, 0.1) is 0 Å². The summed E-state index contributed by atoms with van der Waals surface area (Å²) in [5.74, 6) is -0.899. The van der Waals surface area contributed by atoms with Gasteiger partial charge in [0, 0.05) is 12.7 Å². The standard InChI is InChI=1S/C9H8N2O2/c12-9(13)6-4-8-7(11-5-6)2-1-3-10-8/h1-4,11H,5H2,(H,12,13). The lowest BCUT2D eigenvalue weighted by molar-refractivity contribution is -0.132. The molecule has 2 rings (SSSR count). The molecule has 0 radical (unpaired) electrons. The van der Waals surface area contributed by atoms with Gasteiger partial charge in [0.2, 0.25) is 0 Å². The third-order valence-electron chi connectivity index (χ3n) is 1.89. The van der Waals surface area contributed by atoms with Crippen molar-refractivity contribution in [1.29, 1.82) is 0 Å². The second kappa shape index (κ2) is 2.90. The molecule has 0 aromatic carbocycles. The lowest BCUT2D eigenvalue weighted by Crippen LogP contribution is -2.16. The fourth-order valence-electron chi connectivity index (χ4n) is 1.23. The molecule has 13 heavy (non-hydrogen) atoms. The van der Waals surface area contributed by atoms with Crippen LogP contribution in [0.15, 0.2) is 23.9 Å². The number of anilines is 1. The molecule has 1 aliphatic rings. The van der Waals surface area contributed by atoms with Crippen LogP contribution in [-0.4, -0.2) is 22.6 Å². The van der Waals surface area contributed by atoms with Gasteiger partial charge in [-0.25, -0.2) is 4.79 Å². The summed E-state index contributed by atoms with van der Waals surface area (Å²) >= 11 is 0. The third-order valence-corrected chi connectivity index (χ3v) is 1.89. The van der Waals surface area contributed by atoms with Crippen LogP contribution in [0.5, 0.6) is 0 Å². The Balaban J connectivity index is 2.44. The van der Waals surface area contributed by atoms with Gasteiger partial charge in [0.15, 0.2) is 0 Å². The van der Waals surface area contributed by atoms with Crippen LogP contribution in [-0.2, 0) is 4.79 Å². The van der Waals surface area contributed by atoms with Crippen LogP contribution < -0.4 is 5.32 Å². The highest BCUT2D eigenvalue weighted by Gasteiger charge is 2.14. The van der Waals surface area contributed by atoms with Crippen molar-refractivity contribution in [2.75, 3.05) is 11.9 Å². The normalized spacial score (nSPS) is 14.0. The number of aliphatic carboxylic acids is 1. The van der Waals surface area contributed by atoms with Crippen molar-refractivity contribution in [3.8, 4) is 0 Å². The maximum Gasteiger partial charge on any atom is 0.333 e. The highest BCUT2D eigenvalue weighted by Crippen LogP contribution is 2.20. The second-order valence-electron chi connectivity index (χ2n) is 2.76. The Morgan fingerprint density at radius 3 is 3.23 bits per heavy atom. The van der Waals surface area contributed by atoms with Crippen LogP contribution in [0.1, 0.15) is 5.69 Å². The van der Waals surface area contributed by atoms with E-state index in [1.54, 1.807) is 12.3 Å². The number of fused-ring (bicyclic) bond motifs is 1. The zero-order valence-corrected chi connectivity index (χ0v) is 6.82. The predicted molar refractivity (Wildman–Crippen MR) is 48.3 cm³/mol. The van der Waals surface area contributed by atoms with E-state index < -0.39 is 5.97 Å². The smallest absolute Gasteiger partial charge is 0.333 e. The van der Waals surface area contributed by atoms with Gasteiger partial charge in [0.1, 0.15) is 0 Å². The van der Waals surface area contributed by atoms with E-state index in [9.17, 15) is 4.79 Å². The van der Waals surface area contributed by atoms with Gasteiger partial charge >= 0.3 is 5.97 Å². The van der Waals surface area contributed by atoms with Crippen molar-refractivity contribution in [3.63, 3.8) is 0 Å². The summed E-state index contributed by atoms with van der Waals surface area (Å²) in [6.45, 7) is 0.355. The van der Waals surface area contributed by atoms with Crippen LogP contribution in [0.25, 0.3) is 6.08 Å². The number of rotatable bonds is 1. The molecule has 0 amide bonds. The van der Waals surface area contributed by atoms with E-state index >= 15 is 0 Å². The predicted octanol–water partition coefficient (Wildman–Crippen LogP) is 0.975. The number of carbonyl (C=O) groups is 1. The topological polar surface area (TPSA) is 62.2 Å². The number of hydrogen-bond acceptors (Lipinski definition) is 3. The van der Waals surface area contributed by atoms with E-state index in [0.717, 1.165) is 5.69 Å². The van der Waals surface area contributed by atoms with Crippen molar-refractivity contribution in [3.05, 3.63) is 29.6 Å². The van der Waals surface area contributed by atoms with Gasteiger partial charge in [-0.15, -0.1) is 0 Å². The highest BCUT2D eigenvalue weighted by atomic mass is 16.4. The molecule has 2 heterocycles. The Kier molecular flexibility index (Phi) is 1.73. The molecule has 4 nitrogen and oxygen atoms in total. The van der Waals surface area contributed by atoms with Crippen molar-refractivity contribution >= 4 is 17.7 Å². The highest BCUT2D eigenvalue weighted by molar-refractivity contribution is 5.95. The van der Waals surface area contributed by atoms with E-state index in [4.69, 9.17) is 5.11 Å². The molecule has 0 saturated heterocycles. The number of nitrogens with one attached hydrogen (secondary N) is 1. The lowest BCUT2D eigenvalue weighted by Gasteiger charge is -2.14. The summed E-state index contributed by atoms with van der Waals surface area (Å²) < 4.78 is 0. The Labute approximate surface area is 74.9 Å². The van der Waals surface area contributed by atoms with Gasteiger partial charge < -0.3 is 10.4 Å². The molecular formula is C9H8N2O2. The molecule has 4 heteroatoms. The first-order valence-corrected chi connectivity index (χ1v) is 3.90. The number of hydrogen-bond donors (Lipinski definition) is 2. The van der Waals surface area contributed by atoms with Crippen molar-refractivity contribution in [2.24, 2.45) is 0 Å². The minimum Gasteiger partial charge on any atom is -0.478 e. The summed E-state index contributed by atoms with van der Waals surface area (Å²) in [5.41, 5.74) is 1.91. The molecule has 0 fully saturated rings. The summed E-state index contributed by atoms with van der Waals surface area (Å²) in [6.07, 6.45) is 3.23. The van der Waals surface area contributed by atoms with Gasteiger partial charge in [0.05, 0.1) is 17.0 Å². The number of pyridine rings is 1. The quantitative estimate of drug-likeness (QED) is 0.669. The number of carboxylic acids is 1. The van der Waals surface area contributed by atoms with Gasteiger partial charge in [-0.05, 0) is 18.2 Å². The minimum atomic E-state index is -0.899. The second-order valence-corrected chi connectivity index (χ2v) is 2.76. The average Bonchev–Trinajstić information content (AvgIpc) is 2.17. The molecule has 66 valence electrons. The van der Waals surface area contributed by atoms with E-state index in [2.05, 4.69) is 10.3 Å². The molecule has 2 N–H and O–H groups in total. The molecule has 0 aliphatic carbocycles. The molecule has 1 aliphatic heterocycles. The van der Waals surface area contributed by atoms with Crippen LogP contribution in [0.2, 0.25) is 0 Å². The summed E-state index contributed by atoms with van der Waals surface area (Å²) in [7, 11) is 0. The SMILES string of the molecule is O=C(O)C1=Cc2ncccc2NC1. The molecular weight excluding hydrogens is 168 g/mol. The van der Waals surface area contributed by atoms with Crippen LogP contribution in [0.4, 0.5) is 5.69 Å². The maximum atomic E-state index is 10.6. The largest absolute Gasteiger partial charge is 0.478 e. The summed E-state index contributed by atoms with van der Waals surface area (Å²) in [6, 6.07) is 3.68. The molecule has 0 atom stereocenters. The van der Waals surface area contributed by atoms with Gasteiger partial charge in [-0.1, -0.05) is 0 Å². The molecule has 0 saturated carbocycles. The summed E-state index contributed by atoms with van der Waals surface area (Å²) in [4.78, 5) is 14.7. The average molecular weight is 176 g/mol. The van der Waals surface area contributed by atoms with E-state index in [-0.39, 0.29) is 0 Å². The van der Waals surface area contributed by atoms with Crippen molar-refractivity contribution in [1.82, 2.24) is 4.98 Å². The fourth-order valence-corrected chi connectivity index (χ4v) is 1.23. The number of carboxylic acid groups (broad SMARTS) is 1. The zero-order valence-electron chi connectivity index (χ0n) is 6.82. The van der Waals surface area contributed by atoms with Gasteiger partial charge in [-0.2, -0.15) is 0 Å². The maximum absolute atomic E-state index is 10.6. The fraction of sp³-hybridized carbons (Fsp3) is 0.111. The van der Waals surface area contributed by atoms with Crippen molar-refractivity contribution < 1.29 is 9.90 Å². The van der Waals surface area contributed by atoms with Crippen molar-refractivity contribution in [2.45, 2.75) is 0 Å². The monoisotopic (exact) mass is 176 g/mol. The Bertz CT molecular complexity index is 385. The molecule has 0 bridgehead atoms. The first kappa shape index (κ1) is 7.79. The molecule has 1 aromatic rings. The van der Waals surface area contributed by atoms with Crippen LogP contribution in [0.3, 0.4) is 0 Å². The lowest BCUT2D eigenvalue weighted by atomic mass is 10.1. The number of aromatic nitrogens is 1. The first-order chi connectivity index (χ1) is 6.27. The zero-order chi connectivity index (χ0) is 9.26. The summed E-state index contributed by atoms with van der Waals surface area (Å²) in [5, 5.41) is 11.7. The van der Waals surface area contributed by atoms with Gasteiger partial charge in [0.25, 0.3) is 0 Å². The molecule has 0 unspecified atom stereocenters. The molecule has 0 spiro atoms. The Morgan fingerprint density at radius 2 is 2.46 bits per heavy atom. The van der Waals surface area contributed by atoms with E-state index in [0.29, 0.717) is 17.8 Å². The number of nitrogens with zero attached hydrogens (tertiary/aromatic N) is 1. The molecule has 1 aromatic heterocycles. The van der Waals surface area contributed by atoms with Crippen LogP contribution >= 0.6 is 0 Å².